The quantitative estimate of drug-likeness (QED) is 0.500. The number of likely N-dealkylation sites (tertiary alicyclic amines) is 1. The summed E-state index contributed by atoms with van der Waals surface area (Å²) in [5.41, 5.74) is 3.84. The summed E-state index contributed by atoms with van der Waals surface area (Å²) in [6.07, 6.45) is 4.32. The van der Waals surface area contributed by atoms with Crippen molar-refractivity contribution in [3.63, 3.8) is 0 Å². The molecule has 1 atom stereocenters. The topological polar surface area (TPSA) is 78.9 Å². The minimum Gasteiger partial charge on any atom is -0.480 e. The largest absolute Gasteiger partial charge is 0.480 e. The number of carbonyl (C=O) groups excluding carboxylic acids is 1. The Morgan fingerprint density at radius 2 is 1.91 bits per heavy atom. The summed E-state index contributed by atoms with van der Waals surface area (Å²) in [7, 11) is 0. The van der Waals surface area contributed by atoms with Crippen LogP contribution in [0, 0.1) is 5.92 Å². The Kier molecular flexibility index (Phi) is 9.53. The van der Waals surface area contributed by atoms with Crippen LogP contribution in [0.5, 0.6) is 0 Å². The summed E-state index contributed by atoms with van der Waals surface area (Å²) in [5.74, 6) is -0.744. The molecule has 0 aliphatic carbocycles. The molecule has 32 heavy (non-hydrogen) atoms. The number of hydrogen-bond acceptors (Lipinski definition) is 4. The van der Waals surface area contributed by atoms with Gasteiger partial charge in [0.15, 0.2) is 0 Å². The van der Waals surface area contributed by atoms with E-state index in [1.165, 1.54) is 29.5 Å². The molecule has 0 aromatic heterocycles. The van der Waals surface area contributed by atoms with Gasteiger partial charge in [-0.25, -0.2) is 4.79 Å². The van der Waals surface area contributed by atoms with Gasteiger partial charge in [-0.3, -0.25) is 4.79 Å². The molecular weight excluding hydrogens is 428 g/mol. The van der Waals surface area contributed by atoms with E-state index in [-0.39, 0.29) is 12.5 Å². The Labute approximate surface area is 194 Å². The van der Waals surface area contributed by atoms with Gasteiger partial charge in [0.05, 0.1) is 0 Å². The van der Waals surface area contributed by atoms with E-state index >= 15 is 0 Å². The van der Waals surface area contributed by atoms with E-state index in [1.807, 2.05) is 12.1 Å². The summed E-state index contributed by atoms with van der Waals surface area (Å²) in [6, 6.07) is 16.6. The van der Waals surface area contributed by atoms with Gasteiger partial charge in [-0.1, -0.05) is 48.0 Å². The first-order valence-corrected chi connectivity index (χ1v) is 11.5. The van der Waals surface area contributed by atoms with E-state index in [4.69, 9.17) is 21.4 Å². The predicted molar refractivity (Wildman–Crippen MR) is 126 cm³/mol. The third-order valence-electron chi connectivity index (χ3n) is 5.72. The molecule has 1 amide bonds. The highest BCUT2D eigenvalue weighted by atomic mass is 35.5. The first-order valence-electron chi connectivity index (χ1n) is 11.1. The van der Waals surface area contributed by atoms with Crippen molar-refractivity contribution in [3.8, 4) is 11.1 Å². The second-order valence-electron chi connectivity index (χ2n) is 8.27. The highest BCUT2D eigenvalue weighted by molar-refractivity contribution is 6.30. The van der Waals surface area contributed by atoms with Crippen LogP contribution in [0.15, 0.2) is 48.5 Å². The zero-order valence-corrected chi connectivity index (χ0v) is 19.0. The molecule has 1 heterocycles. The Bertz CT molecular complexity index is 888. The van der Waals surface area contributed by atoms with Crippen molar-refractivity contribution in [1.82, 2.24) is 10.2 Å². The van der Waals surface area contributed by atoms with Crippen molar-refractivity contribution in [3.05, 3.63) is 59.1 Å². The number of benzene rings is 2. The number of hydrogen-bond donors (Lipinski definition) is 2. The van der Waals surface area contributed by atoms with Crippen LogP contribution in [-0.4, -0.2) is 61.3 Å². The van der Waals surface area contributed by atoms with Crippen molar-refractivity contribution < 1.29 is 19.4 Å². The molecule has 7 heteroatoms. The smallest absolute Gasteiger partial charge is 0.329 e. The number of amides is 1. The van der Waals surface area contributed by atoms with Gasteiger partial charge in [-0.15, -0.1) is 0 Å². The average molecular weight is 459 g/mol. The minimum atomic E-state index is -1.08. The molecule has 1 aliphatic heterocycles. The number of carboxylic acid groups (broad SMARTS) is 1. The van der Waals surface area contributed by atoms with Gasteiger partial charge in [0.25, 0.3) is 0 Å². The number of halogens is 1. The Morgan fingerprint density at radius 3 is 2.69 bits per heavy atom. The summed E-state index contributed by atoms with van der Waals surface area (Å²) in [6.45, 7) is 2.98. The molecule has 172 valence electrons. The molecule has 1 aliphatic rings. The number of ether oxygens (including phenoxy) is 1. The summed E-state index contributed by atoms with van der Waals surface area (Å²) < 4.78 is 4.79. The Balaban J connectivity index is 1.44. The summed E-state index contributed by atoms with van der Waals surface area (Å²) in [4.78, 5) is 24.5. The van der Waals surface area contributed by atoms with Crippen molar-refractivity contribution in [2.75, 3.05) is 39.4 Å². The van der Waals surface area contributed by atoms with Crippen LogP contribution in [0.25, 0.3) is 11.1 Å². The van der Waals surface area contributed by atoms with Crippen LogP contribution in [0.3, 0.4) is 0 Å². The fourth-order valence-electron chi connectivity index (χ4n) is 4.25. The third kappa shape index (κ3) is 7.93. The molecule has 0 saturated carbocycles. The van der Waals surface area contributed by atoms with Gasteiger partial charge in [0, 0.05) is 18.1 Å². The molecule has 2 aromatic rings. The van der Waals surface area contributed by atoms with Crippen molar-refractivity contribution >= 4 is 23.5 Å². The van der Waals surface area contributed by atoms with Crippen LogP contribution in [0.4, 0.5) is 0 Å². The fraction of sp³-hybridized carbons (Fsp3) is 0.440. The monoisotopic (exact) mass is 458 g/mol. The fourth-order valence-corrected chi connectivity index (χ4v) is 4.38. The highest BCUT2D eigenvalue weighted by Gasteiger charge is 2.21. The summed E-state index contributed by atoms with van der Waals surface area (Å²) >= 11 is 6.06. The lowest BCUT2D eigenvalue weighted by molar-refractivity contribution is -0.143. The maximum Gasteiger partial charge on any atom is 0.329 e. The Hall–Kier alpha value is -2.41. The highest BCUT2D eigenvalue weighted by Crippen LogP contribution is 2.29. The average Bonchev–Trinajstić information content (AvgIpc) is 2.78. The summed E-state index contributed by atoms with van der Waals surface area (Å²) in [5, 5.41) is 12.0. The molecule has 2 aromatic carbocycles. The zero-order chi connectivity index (χ0) is 22.8. The van der Waals surface area contributed by atoms with Gasteiger partial charge < -0.3 is 20.1 Å². The van der Waals surface area contributed by atoms with Crippen LogP contribution < -0.4 is 5.32 Å². The van der Waals surface area contributed by atoms with E-state index in [2.05, 4.69) is 46.6 Å². The van der Waals surface area contributed by atoms with E-state index in [9.17, 15) is 9.59 Å². The van der Waals surface area contributed by atoms with Crippen molar-refractivity contribution in [2.45, 2.75) is 25.7 Å². The van der Waals surface area contributed by atoms with Crippen molar-refractivity contribution in [1.29, 1.82) is 0 Å². The normalized spacial score (nSPS) is 16.6. The van der Waals surface area contributed by atoms with Crippen LogP contribution in [-0.2, 0) is 20.7 Å². The van der Waals surface area contributed by atoms with E-state index in [0.29, 0.717) is 12.5 Å². The molecule has 0 bridgehead atoms. The number of nitrogens with one attached hydrogen (secondary N) is 1. The molecule has 3 rings (SSSR count). The van der Waals surface area contributed by atoms with E-state index in [0.717, 1.165) is 37.5 Å². The van der Waals surface area contributed by atoms with Crippen LogP contribution in [0.2, 0.25) is 5.02 Å². The zero-order valence-electron chi connectivity index (χ0n) is 18.3. The van der Waals surface area contributed by atoms with Gasteiger partial charge in [-0.05, 0) is 73.5 Å². The van der Waals surface area contributed by atoms with E-state index in [1.54, 1.807) is 0 Å². The molecule has 0 spiro atoms. The second kappa shape index (κ2) is 12.6. The van der Waals surface area contributed by atoms with Crippen molar-refractivity contribution in [2.24, 2.45) is 5.92 Å². The van der Waals surface area contributed by atoms with Gasteiger partial charge in [-0.2, -0.15) is 0 Å². The lowest BCUT2D eigenvalue weighted by Gasteiger charge is -2.33. The molecule has 1 fully saturated rings. The number of carbonyl (C=O) groups is 2. The lowest BCUT2D eigenvalue weighted by atomic mass is 9.87. The Morgan fingerprint density at radius 1 is 1.12 bits per heavy atom. The molecule has 0 radical (unpaired) electrons. The number of carboxylic acids is 1. The first-order chi connectivity index (χ1) is 15.5. The van der Waals surface area contributed by atoms with Crippen LogP contribution in [0.1, 0.15) is 24.8 Å². The standard InChI is InChI=1S/C25H31ClN2O4/c26-22-10-8-20(9-11-22)23-7-2-1-6-21(23)15-19-5-3-13-28(16-19)14-4-12-27-24(29)17-32-18-25(30)31/h1-2,6-11,19H,3-5,12-18H2,(H,27,29)(H,30,31). The number of rotatable bonds is 11. The molecule has 1 saturated heterocycles. The number of nitrogens with zero attached hydrogens (tertiary/aromatic N) is 1. The van der Waals surface area contributed by atoms with Gasteiger partial charge >= 0.3 is 5.97 Å². The second-order valence-corrected chi connectivity index (χ2v) is 8.70. The van der Waals surface area contributed by atoms with Gasteiger partial charge in [0.2, 0.25) is 5.91 Å². The van der Waals surface area contributed by atoms with Crippen LogP contribution >= 0.6 is 11.6 Å². The maximum absolute atomic E-state index is 11.6. The molecule has 2 N–H and O–H groups in total. The SMILES string of the molecule is O=C(O)COCC(=O)NCCCN1CCCC(Cc2ccccc2-c2ccc(Cl)cc2)C1. The third-order valence-corrected chi connectivity index (χ3v) is 5.97. The number of piperidine rings is 1. The molecular formula is C25H31ClN2O4. The predicted octanol–water partition coefficient (Wildman–Crippen LogP) is 3.87. The molecule has 6 nitrogen and oxygen atoms in total. The minimum absolute atomic E-state index is 0.217. The molecule has 1 unspecified atom stereocenters. The van der Waals surface area contributed by atoms with Gasteiger partial charge in [0.1, 0.15) is 13.2 Å². The maximum atomic E-state index is 11.6. The lowest BCUT2D eigenvalue weighted by Crippen LogP contribution is -2.38. The van der Waals surface area contributed by atoms with E-state index < -0.39 is 12.6 Å². The number of aliphatic carboxylic acids is 1. The first kappa shape index (κ1) is 24.2.